The van der Waals surface area contributed by atoms with Crippen molar-refractivity contribution in [3.63, 3.8) is 0 Å². The lowest BCUT2D eigenvalue weighted by molar-refractivity contribution is 0.102. The molecule has 0 aliphatic carbocycles. The van der Waals surface area contributed by atoms with E-state index in [0.29, 0.717) is 5.56 Å². The van der Waals surface area contributed by atoms with Crippen LogP contribution >= 0.6 is 0 Å². The molecule has 7 nitrogen and oxygen atoms in total. The lowest BCUT2D eigenvalue weighted by Crippen LogP contribution is -2.12. The molecule has 0 bridgehead atoms. The molecule has 156 valence electrons. The van der Waals surface area contributed by atoms with Crippen molar-refractivity contribution in [1.29, 1.82) is 0 Å². The predicted octanol–water partition coefficient (Wildman–Crippen LogP) is 4.01. The maximum Gasteiger partial charge on any atom is 0.322 e. The average Bonchev–Trinajstić information content (AvgIpc) is 3.26. The van der Waals surface area contributed by atoms with E-state index in [1.807, 2.05) is 42.5 Å². The molecule has 1 N–H and O–H groups in total. The number of sulfone groups is 1. The lowest BCUT2D eigenvalue weighted by Gasteiger charge is -2.04. The minimum atomic E-state index is -3.46. The first kappa shape index (κ1) is 20.5. The molecular formula is C23H19N3O4S. The third kappa shape index (κ3) is 5.04. The van der Waals surface area contributed by atoms with Crippen LogP contribution in [0.2, 0.25) is 0 Å². The van der Waals surface area contributed by atoms with Gasteiger partial charge in [0.25, 0.3) is 5.91 Å². The van der Waals surface area contributed by atoms with E-state index in [0.717, 1.165) is 11.1 Å². The summed E-state index contributed by atoms with van der Waals surface area (Å²) in [6.07, 6.45) is 0.0475. The highest BCUT2D eigenvalue weighted by atomic mass is 32.2. The van der Waals surface area contributed by atoms with Crippen LogP contribution in [0.15, 0.2) is 94.2 Å². The summed E-state index contributed by atoms with van der Waals surface area (Å²) in [6.45, 7) is 0. The Bertz CT molecular complexity index is 1270. The number of rotatable bonds is 7. The summed E-state index contributed by atoms with van der Waals surface area (Å²) in [6, 6.07) is 25.1. The van der Waals surface area contributed by atoms with Crippen LogP contribution in [0.3, 0.4) is 0 Å². The maximum atomic E-state index is 12.4. The first-order valence-electron chi connectivity index (χ1n) is 9.58. The third-order valence-electron chi connectivity index (χ3n) is 4.63. The van der Waals surface area contributed by atoms with Gasteiger partial charge < -0.3 is 4.42 Å². The van der Waals surface area contributed by atoms with Gasteiger partial charge in [0.1, 0.15) is 0 Å². The molecule has 4 rings (SSSR count). The Morgan fingerprint density at radius 2 is 1.42 bits per heavy atom. The first-order chi connectivity index (χ1) is 15.0. The summed E-state index contributed by atoms with van der Waals surface area (Å²) < 4.78 is 30.1. The Labute approximate surface area is 179 Å². The fourth-order valence-electron chi connectivity index (χ4n) is 2.99. The van der Waals surface area contributed by atoms with Crippen molar-refractivity contribution >= 4 is 21.8 Å². The van der Waals surface area contributed by atoms with Gasteiger partial charge in [0, 0.05) is 12.0 Å². The van der Waals surface area contributed by atoms with Gasteiger partial charge in [0.2, 0.25) is 5.89 Å². The van der Waals surface area contributed by atoms with Crippen LogP contribution in [0.4, 0.5) is 6.01 Å². The summed E-state index contributed by atoms with van der Waals surface area (Å²) in [5.74, 6) is -0.436. The Morgan fingerprint density at radius 1 is 0.806 bits per heavy atom. The van der Waals surface area contributed by atoms with Gasteiger partial charge >= 0.3 is 6.01 Å². The molecule has 0 unspecified atom stereocenters. The van der Waals surface area contributed by atoms with Crippen LogP contribution in [0, 0.1) is 0 Å². The fraction of sp³-hybridized carbons (Fsp3) is 0.0870. The Hall–Kier alpha value is -3.78. The molecule has 0 radical (unpaired) electrons. The SMILES string of the molecule is O=C(Nc1nnc(CCS(=O)(=O)c2ccccc2)o1)c1ccc(-c2ccccc2)cc1. The predicted molar refractivity (Wildman–Crippen MR) is 116 cm³/mol. The highest BCUT2D eigenvalue weighted by Crippen LogP contribution is 2.20. The quantitative estimate of drug-likeness (QED) is 0.473. The number of nitrogens with zero attached hydrogens (tertiary/aromatic N) is 2. The largest absolute Gasteiger partial charge is 0.408 e. The molecule has 1 heterocycles. The zero-order valence-electron chi connectivity index (χ0n) is 16.4. The van der Waals surface area contributed by atoms with E-state index >= 15 is 0 Å². The van der Waals surface area contributed by atoms with Gasteiger partial charge in [-0.25, -0.2) is 8.42 Å². The summed E-state index contributed by atoms with van der Waals surface area (Å²) in [5.41, 5.74) is 2.49. The van der Waals surface area contributed by atoms with E-state index in [1.54, 1.807) is 30.3 Å². The van der Waals surface area contributed by atoms with Crippen molar-refractivity contribution < 1.29 is 17.6 Å². The van der Waals surface area contributed by atoms with Gasteiger partial charge in [0.05, 0.1) is 10.6 Å². The number of hydrogen-bond donors (Lipinski definition) is 1. The van der Waals surface area contributed by atoms with Gasteiger partial charge in [-0.2, -0.15) is 0 Å². The molecule has 0 saturated heterocycles. The molecule has 31 heavy (non-hydrogen) atoms. The summed E-state index contributed by atoms with van der Waals surface area (Å²) in [4.78, 5) is 12.7. The monoisotopic (exact) mass is 433 g/mol. The summed E-state index contributed by atoms with van der Waals surface area (Å²) in [7, 11) is -3.46. The minimum absolute atomic E-state index is 0.0475. The smallest absolute Gasteiger partial charge is 0.322 e. The Balaban J connectivity index is 1.37. The van der Waals surface area contributed by atoms with E-state index in [1.165, 1.54) is 12.1 Å². The number of anilines is 1. The zero-order valence-corrected chi connectivity index (χ0v) is 17.2. The zero-order chi connectivity index (χ0) is 21.7. The average molecular weight is 433 g/mol. The van der Waals surface area contributed by atoms with Gasteiger partial charge in [-0.15, -0.1) is 5.10 Å². The van der Waals surface area contributed by atoms with Gasteiger partial charge in [-0.05, 0) is 35.4 Å². The van der Waals surface area contributed by atoms with Crippen LogP contribution in [-0.2, 0) is 16.3 Å². The van der Waals surface area contributed by atoms with E-state index in [-0.39, 0.29) is 29.0 Å². The van der Waals surface area contributed by atoms with Crippen molar-refractivity contribution in [1.82, 2.24) is 10.2 Å². The molecule has 1 amide bonds. The normalized spacial score (nSPS) is 11.2. The molecule has 0 aliphatic rings. The van der Waals surface area contributed by atoms with Gasteiger partial charge in [0.15, 0.2) is 9.84 Å². The number of aryl methyl sites for hydroxylation is 1. The number of amides is 1. The van der Waals surface area contributed by atoms with Crippen LogP contribution in [0.5, 0.6) is 0 Å². The molecule has 0 atom stereocenters. The van der Waals surface area contributed by atoms with Crippen LogP contribution in [0.25, 0.3) is 11.1 Å². The van der Waals surface area contributed by atoms with Crippen molar-refractivity contribution in [3.05, 3.63) is 96.4 Å². The molecule has 1 aromatic heterocycles. The van der Waals surface area contributed by atoms with Gasteiger partial charge in [-0.1, -0.05) is 65.8 Å². The summed E-state index contributed by atoms with van der Waals surface area (Å²) in [5, 5.41) is 10.1. The third-order valence-corrected chi connectivity index (χ3v) is 6.36. The Morgan fingerprint density at radius 3 is 2.10 bits per heavy atom. The molecule has 8 heteroatoms. The molecule has 4 aromatic rings. The fourth-order valence-corrected chi connectivity index (χ4v) is 4.24. The number of benzene rings is 3. The second-order valence-corrected chi connectivity index (χ2v) is 8.89. The van der Waals surface area contributed by atoms with Crippen LogP contribution < -0.4 is 5.32 Å². The second-order valence-electron chi connectivity index (χ2n) is 6.78. The van der Waals surface area contributed by atoms with E-state index in [4.69, 9.17) is 4.42 Å². The second kappa shape index (κ2) is 8.93. The van der Waals surface area contributed by atoms with Crippen molar-refractivity contribution in [2.24, 2.45) is 0 Å². The van der Waals surface area contributed by atoms with Crippen LogP contribution in [-0.4, -0.2) is 30.3 Å². The van der Waals surface area contributed by atoms with Crippen molar-refractivity contribution in [2.45, 2.75) is 11.3 Å². The summed E-state index contributed by atoms with van der Waals surface area (Å²) >= 11 is 0. The number of carbonyl (C=O) groups is 1. The van der Waals surface area contributed by atoms with Crippen molar-refractivity contribution in [3.8, 4) is 11.1 Å². The number of aromatic nitrogens is 2. The van der Waals surface area contributed by atoms with Crippen LogP contribution in [0.1, 0.15) is 16.2 Å². The van der Waals surface area contributed by atoms with E-state index in [9.17, 15) is 13.2 Å². The number of hydrogen-bond acceptors (Lipinski definition) is 6. The van der Waals surface area contributed by atoms with E-state index in [2.05, 4.69) is 15.5 Å². The molecule has 0 fully saturated rings. The van der Waals surface area contributed by atoms with E-state index < -0.39 is 15.7 Å². The molecular weight excluding hydrogens is 414 g/mol. The standard InChI is InChI=1S/C23H19N3O4S/c27-22(19-13-11-18(12-14-19)17-7-3-1-4-8-17)24-23-26-25-21(30-23)15-16-31(28,29)20-9-5-2-6-10-20/h1-14H,15-16H2,(H,24,26,27). The minimum Gasteiger partial charge on any atom is -0.408 e. The maximum absolute atomic E-state index is 12.4. The number of nitrogens with one attached hydrogen (secondary N) is 1. The first-order valence-corrected chi connectivity index (χ1v) is 11.2. The Kier molecular flexibility index (Phi) is 5.90. The molecule has 0 aliphatic heterocycles. The molecule has 3 aromatic carbocycles. The number of carbonyl (C=O) groups excluding carboxylic acids is 1. The lowest BCUT2D eigenvalue weighted by atomic mass is 10.0. The molecule has 0 saturated carbocycles. The highest BCUT2D eigenvalue weighted by Gasteiger charge is 2.17. The van der Waals surface area contributed by atoms with Gasteiger partial charge in [-0.3, -0.25) is 10.1 Å². The van der Waals surface area contributed by atoms with Crippen molar-refractivity contribution in [2.75, 3.05) is 11.1 Å². The topological polar surface area (TPSA) is 102 Å². The molecule has 0 spiro atoms. The highest BCUT2D eigenvalue weighted by molar-refractivity contribution is 7.91.